The van der Waals surface area contributed by atoms with Crippen LogP contribution in [0.25, 0.3) is 0 Å². The molecule has 1 saturated heterocycles. The van der Waals surface area contributed by atoms with Crippen molar-refractivity contribution in [2.45, 2.75) is 12.2 Å². The fourth-order valence-electron chi connectivity index (χ4n) is 0.595. The van der Waals surface area contributed by atoms with E-state index in [1.165, 1.54) is 0 Å². The monoisotopic (exact) mass is 186 g/mol. The summed E-state index contributed by atoms with van der Waals surface area (Å²) in [6, 6.07) is 0. The number of halogens is 3. The maximum atomic E-state index is 12.3. The van der Waals surface area contributed by atoms with Gasteiger partial charge in [-0.25, -0.2) is 4.39 Å². The molecule has 6 heteroatoms. The van der Waals surface area contributed by atoms with E-state index in [0.29, 0.717) is 6.61 Å². The summed E-state index contributed by atoms with van der Waals surface area (Å²) in [5.41, 5.74) is 0. The lowest BCUT2D eigenvalue weighted by Crippen LogP contribution is -2.28. The summed E-state index contributed by atoms with van der Waals surface area (Å²) in [7, 11) is 0. The number of rotatable bonds is 6. The van der Waals surface area contributed by atoms with Gasteiger partial charge in [0, 0.05) is 0 Å². The maximum absolute atomic E-state index is 12.3. The fraction of sp³-hybridized carbons (Fsp3) is 1.00. The molecule has 0 bridgehead atoms. The summed E-state index contributed by atoms with van der Waals surface area (Å²) in [6.07, 6.45) is -3.62. The minimum Gasteiger partial charge on any atom is -0.371 e. The Morgan fingerprint density at radius 2 is 2.17 bits per heavy atom. The number of ether oxygens (including phenoxy) is 3. The molecule has 1 fully saturated rings. The molecule has 1 unspecified atom stereocenters. The second kappa shape index (κ2) is 4.06. The molecule has 0 saturated carbocycles. The van der Waals surface area contributed by atoms with Crippen LogP contribution >= 0.6 is 0 Å². The van der Waals surface area contributed by atoms with Crippen molar-refractivity contribution in [1.29, 1.82) is 0 Å². The van der Waals surface area contributed by atoms with Crippen LogP contribution in [0.1, 0.15) is 0 Å². The third kappa shape index (κ3) is 3.89. The van der Waals surface area contributed by atoms with Crippen molar-refractivity contribution < 1.29 is 27.4 Å². The normalized spacial score (nSPS) is 22.8. The Hall–Kier alpha value is -0.330. The van der Waals surface area contributed by atoms with Gasteiger partial charge in [0.25, 0.3) is 0 Å². The zero-order valence-corrected chi connectivity index (χ0v) is 6.26. The zero-order chi connectivity index (χ0) is 9.03. The van der Waals surface area contributed by atoms with Crippen LogP contribution in [0.2, 0.25) is 0 Å². The first kappa shape index (κ1) is 9.76. The van der Waals surface area contributed by atoms with Crippen molar-refractivity contribution in [3.63, 3.8) is 0 Å². The van der Waals surface area contributed by atoms with Gasteiger partial charge < -0.3 is 9.47 Å². The lowest BCUT2D eigenvalue weighted by atomic mass is 10.5. The van der Waals surface area contributed by atoms with Gasteiger partial charge in [-0.1, -0.05) is 0 Å². The predicted molar refractivity (Wildman–Crippen MR) is 32.6 cm³/mol. The Labute approximate surface area is 67.4 Å². The summed E-state index contributed by atoms with van der Waals surface area (Å²) in [5, 5.41) is 0. The molecule has 1 atom stereocenters. The maximum Gasteiger partial charge on any atom is 0.381 e. The summed E-state index contributed by atoms with van der Waals surface area (Å²) in [6.45, 7) is -1.81. The highest BCUT2D eigenvalue weighted by molar-refractivity contribution is 4.67. The van der Waals surface area contributed by atoms with E-state index in [4.69, 9.17) is 4.74 Å². The molecule has 0 aromatic rings. The van der Waals surface area contributed by atoms with Gasteiger partial charge in [0.2, 0.25) is 0 Å². The number of epoxide rings is 1. The summed E-state index contributed by atoms with van der Waals surface area (Å²) >= 11 is 0. The lowest BCUT2D eigenvalue weighted by molar-refractivity contribution is -0.278. The number of hydrogen-bond acceptors (Lipinski definition) is 3. The highest BCUT2D eigenvalue weighted by atomic mass is 19.3. The Bertz CT molecular complexity index is 138. The molecule has 0 N–H and O–H groups in total. The molecule has 3 nitrogen and oxygen atoms in total. The minimum absolute atomic E-state index is 0.0776. The van der Waals surface area contributed by atoms with Crippen LogP contribution < -0.4 is 0 Å². The molecule has 12 heavy (non-hydrogen) atoms. The van der Waals surface area contributed by atoms with Gasteiger partial charge in [-0.15, -0.1) is 0 Å². The SMILES string of the molecule is FCOC(F)(F)COCC1CO1. The molecule has 0 amide bonds. The van der Waals surface area contributed by atoms with Gasteiger partial charge in [-0.05, 0) is 0 Å². The van der Waals surface area contributed by atoms with E-state index in [-0.39, 0.29) is 12.7 Å². The molecule has 0 aromatic heterocycles. The van der Waals surface area contributed by atoms with Crippen LogP contribution in [0.15, 0.2) is 0 Å². The topological polar surface area (TPSA) is 31.0 Å². The predicted octanol–water partition coefficient (Wildman–Crippen LogP) is 0.938. The van der Waals surface area contributed by atoms with Crippen molar-refractivity contribution in [3.8, 4) is 0 Å². The third-order valence-electron chi connectivity index (χ3n) is 1.24. The van der Waals surface area contributed by atoms with E-state index in [1.54, 1.807) is 0 Å². The molecular formula is C6H9F3O3. The van der Waals surface area contributed by atoms with Crippen LogP contribution in [0.4, 0.5) is 13.2 Å². The zero-order valence-electron chi connectivity index (χ0n) is 6.26. The second-order valence-electron chi connectivity index (χ2n) is 2.36. The van der Waals surface area contributed by atoms with E-state index in [9.17, 15) is 13.2 Å². The Balaban J connectivity index is 2.01. The average Bonchev–Trinajstić information content (AvgIpc) is 2.70. The lowest BCUT2D eigenvalue weighted by Gasteiger charge is -2.13. The van der Waals surface area contributed by atoms with E-state index >= 15 is 0 Å². The summed E-state index contributed by atoms with van der Waals surface area (Å²) in [5.74, 6) is 0. The smallest absolute Gasteiger partial charge is 0.371 e. The van der Waals surface area contributed by atoms with Crippen molar-refractivity contribution in [2.24, 2.45) is 0 Å². The van der Waals surface area contributed by atoms with Crippen molar-refractivity contribution >= 4 is 0 Å². The first-order chi connectivity index (χ1) is 5.64. The summed E-state index contributed by atoms with van der Waals surface area (Å²) < 4.78 is 48.5. The highest BCUT2D eigenvalue weighted by Crippen LogP contribution is 2.17. The van der Waals surface area contributed by atoms with Gasteiger partial charge >= 0.3 is 6.11 Å². The van der Waals surface area contributed by atoms with Gasteiger partial charge in [-0.3, -0.25) is 4.74 Å². The Kier molecular flexibility index (Phi) is 3.30. The molecule has 0 aromatic carbocycles. The number of alkyl halides is 3. The molecule has 0 aliphatic carbocycles. The van der Waals surface area contributed by atoms with E-state index in [0.717, 1.165) is 0 Å². The standard InChI is InChI=1S/C6H9F3O3/c7-4-12-6(8,9)3-10-1-5-2-11-5/h5H,1-4H2. The van der Waals surface area contributed by atoms with Gasteiger partial charge in [0.1, 0.15) is 12.7 Å². The largest absolute Gasteiger partial charge is 0.381 e. The van der Waals surface area contributed by atoms with Crippen LogP contribution in [-0.2, 0) is 14.2 Å². The molecule has 1 rings (SSSR count). The Morgan fingerprint density at radius 3 is 2.67 bits per heavy atom. The molecular weight excluding hydrogens is 177 g/mol. The van der Waals surface area contributed by atoms with E-state index < -0.39 is 19.6 Å². The van der Waals surface area contributed by atoms with Gasteiger partial charge in [0.05, 0.1) is 13.2 Å². The Morgan fingerprint density at radius 1 is 1.50 bits per heavy atom. The molecule has 72 valence electrons. The third-order valence-corrected chi connectivity index (χ3v) is 1.24. The van der Waals surface area contributed by atoms with E-state index in [1.807, 2.05) is 0 Å². The second-order valence-corrected chi connectivity index (χ2v) is 2.36. The first-order valence-electron chi connectivity index (χ1n) is 3.41. The van der Waals surface area contributed by atoms with Crippen LogP contribution in [0.3, 0.4) is 0 Å². The highest BCUT2D eigenvalue weighted by Gasteiger charge is 2.32. The molecule has 1 aliphatic rings. The molecule has 0 spiro atoms. The molecule has 1 aliphatic heterocycles. The minimum atomic E-state index is -3.54. The first-order valence-corrected chi connectivity index (χ1v) is 3.41. The van der Waals surface area contributed by atoms with Gasteiger partial charge in [0.15, 0.2) is 6.86 Å². The average molecular weight is 186 g/mol. The summed E-state index contributed by atoms with van der Waals surface area (Å²) in [4.78, 5) is 0. The van der Waals surface area contributed by atoms with Crippen LogP contribution in [0.5, 0.6) is 0 Å². The van der Waals surface area contributed by atoms with Crippen LogP contribution in [0, 0.1) is 0 Å². The van der Waals surface area contributed by atoms with Crippen molar-refractivity contribution in [2.75, 3.05) is 26.7 Å². The van der Waals surface area contributed by atoms with Crippen molar-refractivity contribution in [1.82, 2.24) is 0 Å². The number of hydrogen-bond donors (Lipinski definition) is 0. The molecule has 1 heterocycles. The van der Waals surface area contributed by atoms with Crippen molar-refractivity contribution in [3.05, 3.63) is 0 Å². The van der Waals surface area contributed by atoms with Gasteiger partial charge in [-0.2, -0.15) is 8.78 Å². The fourth-order valence-corrected chi connectivity index (χ4v) is 0.595. The quantitative estimate of drug-likeness (QED) is 0.578. The van der Waals surface area contributed by atoms with Crippen LogP contribution in [-0.4, -0.2) is 38.9 Å². The molecule has 0 radical (unpaired) electrons. The van der Waals surface area contributed by atoms with E-state index in [2.05, 4.69) is 9.47 Å².